The lowest BCUT2D eigenvalue weighted by Gasteiger charge is -2.37. The molecule has 0 aromatic carbocycles. The maximum Gasteiger partial charge on any atom is 0.238 e. The number of carbonyl (C=O) groups excluding carboxylic acids is 1. The highest BCUT2D eigenvalue weighted by Gasteiger charge is 2.42. The Hall–Kier alpha value is -2.45. The molecule has 0 unspecified atom stereocenters. The van der Waals surface area contributed by atoms with E-state index < -0.39 is 0 Å². The molecule has 0 bridgehead atoms. The minimum atomic E-state index is 0.0121. The van der Waals surface area contributed by atoms with E-state index in [9.17, 15) is 4.79 Å². The van der Waals surface area contributed by atoms with Crippen LogP contribution in [0.25, 0.3) is 0 Å². The van der Waals surface area contributed by atoms with Crippen molar-refractivity contribution in [3.8, 4) is 0 Å². The van der Waals surface area contributed by atoms with Gasteiger partial charge in [-0.1, -0.05) is 6.07 Å². The molecule has 0 radical (unpaired) electrons. The van der Waals surface area contributed by atoms with Crippen LogP contribution in [-0.4, -0.2) is 64.5 Å². The molecule has 1 amide bonds. The van der Waals surface area contributed by atoms with Crippen molar-refractivity contribution in [1.29, 1.82) is 0 Å². The van der Waals surface area contributed by atoms with Gasteiger partial charge in [-0.2, -0.15) is 5.10 Å². The third-order valence-electron chi connectivity index (χ3n) is 5.85. The van der Waals surface area contributed by atoms with Crippen molar-refractivity contribution < 1.29 is 9.53 Å². The summed E-state index contributed by atoms with van der Waals surface area (Å²) in [5.74, 6) is 2.04. The Balaban J connectivity index is 1.33. The molecule has 8 nitrogen and oxygen atoms in total. The van der Waals surface area contributed by atoms with E-state index in [1.165, 1.54) is 0 Å². The van der Waals surface area contributed by atoms with Crippen molar-refractivity contribution >= 4 is 17.4 Å². The lowest BCUT2D eigenvalue weighted by Crippen LogP contribution is -2.44. The third kappa shape index (κ3) is 4.34. The number of methoxy groups -OCH3 is 1. The van der Waals surface area contributed by atoms with Gasteiger partial charge in [-0.15, -0.1) is 0 Å². The van der Waals surface area contributed by atoms with Gasteiger partial charge in [0.1, 0.15) is 5.82 Å². The number of amides is 1. The number of ether oxygens (including phenoxy) is 1. The van der Waals surface area contributed by atoms with Gasteiger partial charge < -0.3 is 15.4 Å². The Morgan fingerprint density at radius 2 is 2.11 bits per heavy atom. The number of hydrogen-bond acceptors (Lipinski definition) is 6. The molecule has 2 aromatic rings. The highest BCUT2D eigenvalue weighted by atomic mass is 16.5. The summed E-state index contributed by atoms with van der Waals surface area (Å²) in [6, 6.07) is 6.13. The van der Waals surface area contributed by atoms with Gasteiger partial charge in [0.05, 0.1) is 30.6 Å². The number of likely N-dealkylation sites (tertiary alicyclic amines) is 1. The van der Waals surface area contributed by atoms with Crippen LogP contribution in [0.5, 0.6) is 0 Å². The van der Waals surface area contributed by atoms with Gasteiger partial charge in [0.25, 0.3) is 0 Å². The number of hydrogen-bond donors (Lipinski definition) is 2. The fourth-order valence-electron chi connectivity index (χ4n) is 4.58. The summed E-state index contributed by atoms with van der Waals surface area (Å²) in [5, 5.41) is 10.5. The quantitative estimate of drug-likeness (QED) is 0.787. The lowest BCUT2D eigenvalue weighted by molar-refractivity contribution is -0.117. The van der Waals surface area contributed by atoms with Crippen LogP contribution >= 0.6 is 0 Å². The summed E-state index contributed by atoms with van der Waals surface area (Å²) in [5.41, 5.74) is 0.739. The number of carbonyl (C=O) groups is 1. The molecule has 4 rings (SSSR count). The van der Waals surface area contributed by atoms with Crippen LogP contribution in [-0.2, 0) is 16.6 Å². The van der Waals surface area contributed by atoms with Gasteiger partial charge in [-0.25, -0.2) is 4.98 Å². The molecule has 1 aliphatic carbocycles. The molecule has 1 saturated heterocycles. The average molecular weight is 384 g/mol. The molecule has 2 fully saturated rings. The van der Waals surface area contributed by atoms with Gasteiger partial charge in [-0.05, 0) is 36.8 Å². The highest BCUT2D eigenvalue weighted by Crippen LogP contribution is 2.38. The number of aromatic nitrogens is 3. The minimum absolute atomic E-state index is 0.0121. The highest BCUT2D eigenvalue weighted by molar-refractivity contribution is 5.91. The van der Waals surface area contributed by atoms with Crippen LogP contribution in [0.3, 0.4) is 0 Å². The van der Waals surface area contributed by atoms with Gasteiger partial charge in [0.2, 0.25) is 5.91 Å². The SMILES string of the molecule is CO[C@@H]1C[C@H]2CN(CC(=O)Nc3cnn(C)c3)C[C@H]2C[C@H]1Nc1ccccn1. The van der Waals surface area contributed by atoms with Crippen molar-refractivity contribution in [2.45, 2.75) is 25.0 Å². The van der Waals surface area contributed by atoms with Crippen LogP contribution in [0.1, 0.15) is 12.8 Å². The average Bonchev–Trinajstić information content (AvgIpc) is 3.26. The van der Waals surface area contributed by atoms with Crippen LogP contribution in [0, 0.1) is 11.8 Å². The molecule has 0 spiro atoms. The Morgan fingerprint density at radius 1 is 1.29 bits per heavy atom. The van der Waals surface area contributed by atoms with E-state index in [-0.39, 0.29) is 18.1 Å². The Bertz CT molecular complexity index is 795. The molecule has 2 aromatic heterocycles. The molecule has 8 heteroatoms. The predicted molar refractivity (Wildman–Crippen MR) is 107 cm³/mol. The molecule has 2 N–H and O–H groups in total. The number of anilines is 2. The second-order valence-corrected chi connectivity index (χ2v) is 7.88. The maximum atomic E-state index is 12.4. The van der Waals surface area contributed by atoms with Crippen molar-refractivity contribution in [2.24, 2.45) is 18.9 Å². The van der Waals surface area contributed by atoms with E-state index >= 15 is 0 Å². The minimum Gasteiger partial charge on any atom is -0.379 e. The van der Waals surface area contributed by atoms with Gasteiger partial charge in [0.15, 0.2) is 0 Å². The van der Waals surface area contributed by atoms with Crippen molar-refractivity contribution in [3.05, 3.63) is 36.8 Å². The topological polar surface area (TPSA) is 84.3 Å². The van der Waals surface area contributed by atoms with E-state index in [2.05, 4.69) is 25.6 Å². The normalized spacial score (nSPS) is 27.4. The smallest absolute Gasteiger partial charge is 0.238 e. The summed E-state index contributed by atoms with van der Waals surface area (Å²) in [6.45, 7) is 2.31. The van der Waals surface area contributed by atoms with Crippen molar-refractivity contribution in [2.75, 3.05) is 37.4 Å². The summed E-state index contributed by atoms with van der Waals surface area (Å²) >= 11 is 0. The number of fused-ring (bicyclic) bond motifs is 1. The first-order valence-electron chi connectivity index (χ1n) is 9.82. The zero-order valence-corrected chi connectivity index (χ0v) is 16.4. The van der Waals surface area contributed by atoms with Crippen molar-refractivity contribution in [3.63, 3.8) is 0 Å². The number of aryl methyl sites for hydroxylation is 1. The van der Waals surface area contributed by atoms with E-state index in [1.807, 2.05) is 25.2 Å². The molecule has 28 heavy (non-hydrogen) atoms. The molecule has 1 saturated carbocycles. The molecular weight excluding hydrogens is 356 g/mol. The van der Waals surface area contributed by atoms with E-state index in [4.69, 9.17) is 4.74 Å². The Kier molecular flexibility index (Phi) is 5.59. The molecular formula is C20H28N6O2. The predicted octanol–water partition coefficient (Wildman–Crippen LogP) is 1.59. The lowest BCUT2D eigenvalue weighted by atomic mass is 9.77. The largest absolute Gasteiger partial charge is 0.379 e. The summed E-state index contributed by atoms with van der Waals surface area (Å²) in [7, 11) is 3.62. The second kappa shape index (κ2) is 8.28. The van der Waals surface area contributed by atoms with Crippen LogP contribution in [0.2, 0.25) is 0 Å². The molecule has 2 aliphatic rings. The second-order valence-electron chi connectivity index (χ2n) is 7.88. The number of rotatable bonds is 6. The van der Waals surface area contributed by atoms with E-state index in [0.717, 1.165) is 37.4 Å². The standard InChI is InChI=1S/C20H28N6O2/c1-25-12-16(9-22-25)23-20(27)13-26-10-14-7-17(18(28-2)8-15(14)11-26)24-19-5-3-4-6-21-19/h3-6,9,12,14-15,17-18H,7-8,10-11,13H2,1-2H3,(H,21,24)(H,23,27)/t14-,15+,17-,18-/m1/s1. The molecule has 150 valence electrons. The van der Waals surface area contributed by atoms with E-state index in [0.29, 0.717) is 18.4 Å². The summed E-state index contributed by atoms with van der Waals surface area (Å²) in [6.07, 6.45) is 7.46. The number of pyridine rings is 1. The number of nitrogens with one attached hydrogen (secondary N) is 2. The summed E-state index contributed by atoms with van der Waals surface area (Å²) in [4.78, 5) is 19.0. The van der Waals surface area contributed by atoms with Gasteiger partial charge >= 0.3 is 0 Å². The van der Waals surface area contributed by atoms with Crippen LogP contribution < -0.4 is 10.6 Å². The first kappa shape index (κ1) is 18.9. The molecule has 4 atom stereocenters. The van der Waals surface area contributed by atoms with Crippen molar-refractivity contribution in [1.82, 2.24) is 19.7 Å². The van der Waals surface area contributed by atoms with Crippen LogP contribution in [0.4, 0.5) is 11.5 Å². The molecule has 3 heterocycles. The molecule has 1 aliphatic heterocycles. The first-order valence-corrected chi connectivity index (χ1v) is 9.82. The monoisotopic (exact) mass is 384 g/mol. The summed E-state index contributed by atoms with van der Waals surface area (Å²) < 4.78 is 7.46. The Labute approximate surface area is 165 Å². The zero-order valence-electron chi connectivity index (χ0n) is 16.4. The Morgan fingerprint density at radius 3 is 2.79 bits per heavy atom. The van der Waals surface area contributed by atoms with Gasteiger partial charge in [-0.3, -0.25) is 14.4 Å². The fraction of sp³-hybridized carbons (Fsp3) is 0.550. The zero-order chi connectivity index (χ0) is 19.5. The van der Waals surface area contributed by atoms with Crippen LogP contribution in [0.15, 0.2) is 36.8 Å². The van der Waals surface area contributed by atoms with Gasteiger partial charge in [0, 0.05) is 39.6 Å². The fourth-order valence-corrected chi connectivity index (χ4v) is 4.58. The maximum absolute atomic E-state index is 12.4. The first-order chi connectivity index (χ1) is 13.6. The number of nitrogens with zero attached hydrogens (tertiary/aromatic N) is 4. The van der Waals surface area contributed by atoms with E-state index in [1.54, 1.807) is 30.4 Å². The third-order valence-corrected chi connectivity index (χ3v) is 5.85.